The molecule has 7 nitrogen and oxygen atoms in total. The van der Waals surface area contributed by atoms with Crippen molar-refractivity contribution in [1.29, 1.82) is 0 Å². The number of aromatic hydroxyl groups is 2. The lowest BCUT2D eigenvalue weighted by atomic mass is 10.2. The Kier molecular flexibility index (Phi) is 4.08. The molecule has 1 aromatic carbocycles. The molecule has 0 saturated heterocycles. The summed E-state index contributed by atoms with van der Waals surface area (Å²) < 4.78 is 2.68. The fourth-order valence-corrected chi connectivity index (χ4v) is 3.09. The van der Waals surface area contributed by atoms with E-state index in [0.717, 1.165) is 11.2 Å². The van der Waals surface area contributed by atoms with Gasteiger partial charge in [-0.15, -0.1) is 0 Å². The third kappa shape index (κ3) is 2.94. The van der Waals surface area contributed by atoms with Gasteiger partial charge < -0.3 is 20.1 Å². The summed E-state index contributed by atoms with van der Waals surface area (Å²) in [6.07, 6.45) is 1.49. The zero-order valence-electron chi connectivity index (χ0n) is 12.7. The fourth-order valence-electron chi connectivity index (χ4n) is 2.33. The van der Waals surface area contributed by atoms with E-state index in [0.29, 0.717) is 22.6 Å². The SMILES string of the molecule is CC(C)n1c(Br)nc2c(NCc3ccc(O)c(O)c3)ncnc21. The van der Waals surface area contributed by atoms with Gasteiger partial charge in [-0.05, 0) is 47.5 Å². The van der Waals surface area contributed by atoms with Crippen LogP contribution in [-0.4, -0.2) is 29.7 Å². The van der Waals surface area contributed by atoms with Crippen LogP contribution >= 0.6 is 15.9 Å². The lowest BCUT2D eigenvalue weighted by molar-refractivity contribution is 0.403. The van der Waals surface area contributed by atoms with Crippen molar-refractivity contribution in [3.8, 4) is 11.5 Å². The third-order valence-corrected chi connectivity index (χ3v) is 4.01. The van der Waals surface area contributed by atoms with Crippen LogP contribution in [0.3, 0.4) is 0 Å². The first kappa shape index (κ1) is 15.5. The number of imidazole rings is 1. The average molecular weight is 378 g/mol. The third-order valence-electron chi connectivity index (χ3n) is 3.45. The summed E-state index contributed by atoms with van der Waals surface area (Å²) in [5.41, 5.74) is 2.24. The number of phenolic OH excluding ortho intramolecular Hbond substituents is 2. The van der Waals surface area contributed by atoms with Crippen LogP contribution < -0.4 is 5.32 Å². The minimum atomic E-state index is -0.149. The molecule has 3 aromatic rings. The van der Waals surface area contributed by atoms with Crippen LogP contribution in [-0.2, 0) is 6.54 Å². The number of nitrogens with zero attached hydrogens (tertiary/aromatic N) is 4. The standard InChI is InChI=1S/C15H16BrN5O2/c1-8(2)21-14-12(20-15(21)16)13(18-7-19-14)17-6-9-3-4-10(22)11(23)5-9/h3-5,7-8,22-23H,6H2,1-2H3,(H,17,18,19). The molecule has 0 radical (unpaired) electrons. The number of fused-ring (bicyclic) bond motifs is 1. The summed E-state index contributed by atoms with van der Waals surface area (Å²) in [6, 6.07) is 4.89. The Morgan fingerprint density at radius 2 is 2.00 bits per heavy atom. The summed E-state index contributed by atoms with van der Waals surface area (Å²) >= 11 is 3.45. The van der Waals surface area contributed by atoms with E-state index in [-0.39, 0.29) is 17.5 Å². The number of aromatic nitrogens is 4. The molecule has 0 aliphatic carbocycles. The van der Waals surface area contributed by atoms with Gasteiger partial charge in [0.2, 0.25) is 0 Å². The van der Waals surface area contributed by atoms with E-state index in [4.69, 9.17) is 0 Å². The molecule has 0 atom stereocenters. The number of phenols is 2. The Bertz CT molecular complexity index is 862. The molecule has 2 heterocycles. The minimum Gasteiger partial charge on any atom is -0.504 e. The molecule has 0 unspecified atom stereocenters. The van der Waals surface area contributed by atoms with E-state index in [9.17, 15) is 10.2 Å². The summed E-state index contributed by atoms with van der Waals surface area (Å²) in [5, 5.41) is 22.1. The summed E-state index contributed by atoms with van der Waals surface area (Å²) in [6.45, 7) is 4.55. The van der Waals surface area contributed by atoms with Gasteiger partial charge in [0, 0.05) is 12.6 Å². The van der Waals surface area contributed by atoms with Crippen molar-refractivity contribution >= 4 is 32.9 Å². The van der Waals surface area contributed by atoms with E-state index in [1.165, 1.54) is 18.5 Å². The van der Waals surface area contributed by atoms with Gasteiger partial charge in [0.25, 0.3) is 0 Å². The molecule has 0 fully saturated rings. The normalized spacial score (nSPS) is 11.3. The highest BCUT2D eigenvalue weighted by Crippen LogP contribution is 2.28. The van der Waals surface area contributed by atoms with Gasteiger partial charge in [-0.25, -0.2) is 15.0 Å². The number of nitrogens with one attached hydrogen (secondary N) is 1. The Hall–Kier alpha value is -2.35. The van der Waals surface area contributed by atoms with Crippen molar-refractivity contribution in [3.05, 3.63) is 34.8 Å². The summed E-state index contributed by atoms with van der Waals surface area (Å²) in [4.78, 5) is 13.0. The van der Waals surface area contributed by atoms with E-state index in [1.54, 1.807) is 6.07 Å². The highest BCUT2D eigenvalue weighted by atomic mass is 79.9. The number of anilines is 1. The van der Waals surface area contributed by atoms with Crippen LogP contribution in [0.25, 0.3) is 11.2 Å². The number of halogens is 1. The first-order chi connectivity index (χ1) is 11.0. The predicted molar refractivity (Wildman–Crippen MR) is 90.5 cm³/mol. The van der Waals surface area contributed by atoms with Gasteiger partial charge in [0.15, 0.2) is 33.2 Å². The molecule has 23 heavy (non-hydrogen) atoms. The maximum atomic E-state index is 9.54. The number of hydrogen-bond acceptors (Lipinski definition) is 6. The molecule has 2 aromatic heterocycles. The van der Waals surface area contributed by atoms with E-state index >= 15 is 0 Å². The maximum Gasteiger partial charge on any atom is 0.179 e. The monoisotopic (exact) mass is 377 g/mol. The quantitative estimate of drug-likeness (QED) is 0.477. The summed E-state index contributed by atoms with van der Waals surface area (Å²) in [5.74, 6) is 0.324. The van der Waals surface area contributed by atoms with E-state index in [1.807, 2.05) is 4.57 Å². The van der Waals surface area contributed by atoms with Gasteiger partial charge in [-0.1, -0.05) is 6.07 Å². The van der Waals surface area contributed by atoms with E-state index in [2.05, 4.69) is 50.0 Å². The van der Waals surface area contributed by atoms with Gasteiger partial charge in [-0.2, -0.15) is 0 Å². The van der Waals surface area contributed by atoms with Crippen LogP contribution in [0, 0.1) is 0 Å². The second-order valence-corrected chi connectivity index (χ2v) is 6.12. The van der Waals surface area contributed by atoms with Crippen molar-refractivity contribution in [2.45, 2.75) is 26.4 Å². The van der Waals surface area contributed by atoms with Gasteiger partial charge in [0.05, 0.1) is 0 Å². The van der Waals surface area contributed by atoms with Crippen LogP contribution in [0.4, 0.5) is 5.82 Å². The van der Waals surface area contributed by atoms with Crippen molar-refractivity contribution in [3.63, 3.8) is 0 Å². The van der Waals surface area contributed by atoms with Gasteiger partial charge in [0.1, 0.15) is 6.33 Å². The molecular formula is C15H16BrN5O2. The van der Waals surface area contributed by atoms with Crippen molar-refractivity contribution in [2.24, 2.45) is 0 Å². The van der Waals surface area contributed by atoms with Crippen LogP contribution in [0.2, 0.25) is 0 Å². The maximum absolute atomic E-state index is 9.54. The Morgan fingerprint density at radius 1 is 1.22 bits per heavy atom. The van der Waals surface area contributed by atoms with Crippen LogP contribution in [0.1, 0.15) is 25.5 Å². The highest BCUT2D eigenvalue weighted by molar-refractivity contribution is 9.10. The first-order valence-corrected chi connectivity index (χ1v) is 7.90. The Labute approximate surface area is 141 Å². The minimum absolute atomic E-state index is 0.141. The molecule has 0 aliphatic heterocycles. The number of hydrogen-bond donors (Lipinski definition) is 3. The van der Waals surface area contributed by atoms with Crippen molar-refractivity contribution < 1.29 is 10.2 Å². The van der Waals surface area contributed by atoms with Crippen LogP contribution in [0.5, 0.6) is 11.5 Å². The molecule has 3 N–H and O–H groups in total. The molecule has 0 spiro atoms. The fraction of sp³-hybridized carbons (Fsp3) is 0.267. The van der Waals surface area contributed by atoms with Crippen LogP contribution in [0.15, 0.2) is 29.3 Å². The molecular weight excluding hydrogens is 362 g/mol. The van der Waals surface area contributed by atoms with Gasteiger partial charge >= 0.3 is 0 Å². The molecule has 0 aliphatic rings. The topological polar surface area (TPSA) is 96.1 Å². The number of rotatable bonds is 4. The number of benzene rings is 1. The Balaban J connectivity index is 1.91. The van der Waals surface area contributed by atoms with Crippen molar-refractivity contribution in [2.75, 3.05) is 5.32 Å². The molecule has 0 amide bonds. The predicted octanol–water partition coefficient (Wildman–Crippen LogP) is 3.19. The second kappa shape index (κ2) is 6.04. The molecule has 120 valence electrons. The largest absolute Gasteiger partial charge is 0.504 e. The second-order valence-electron chi connectivity index (χ2n) is 5.42. The Morgan fingerprint density at radius 3 is 2.70 bits per heavy atom. The van der Waals surface area contributed by atoms with E-state index < -0.39 is 0 Å². The zero-order valence-corrected chi connectivity index (χ0v) is 14.2. The summed E-state index contributed by atoms with van der Waals surface area (Å²) in [7, 11) is 0. The average Bonchev–Trinajstić information content (AvgIpc) is 2.85. The first-order valence-electron chi connectivity index (χ1n) is 7.10. The van der Waals surface area contributed by atoms with Gasteiger partial charge in [-0.3, -0.25) is 0 Å². The lowest BCUT2D eigenvalue weighted by Gasteiger charge is -2.09. The molecule has 8 heteroatoms. The van der Waals surface area contributed by atoms with Crippen molar-refractivity contribution in [1.82, 2.24) is 19.5 Å². The molecule has 3 rings (SSSR count). The highest BCUT2D eigenvalue weighted by Gasteiger charge is 2.16. The molecule has 0 saturated carbocycles. The smallest absolute Gasteiger partial charge is 0.179 e. The molecule has 0 bridgehead atoms. The lowest BCUT2D eigenvalue weighted by Crippen LogP contribution is -2.04. The zero-order chi connectivity index (χ0) is 16.6.